The van der Waals surface area contributed by atoms with Gasteiger partial charge in [0.05, 0.1) is 12.0 Å². The summed E-state index contributed by atoms with van der Waals surface area (Å²) in [5, 5.41) is 4.53. The lowest BCUT2D eigenvalue weighted by molar-refractivity contribution is -0.0421. The molecule has 3 heterocycles. The van der Waals surface area contributed by atoms with Gasteiger partial charge in [-0.25, -0.2) is 14.1 Å². The van der Waals surface area contributed by atoms with E-state index in [0.717, 1.165) is 56.8 Å². The van der Waals surface area contributed by atoms with Crippen molar-refractivity contribution in [1.82, 2.24) is 24.2 Å². The Kier molecular flexibility index (Phi) is 6.69. The fourth-order valence-corrected chi connectivity index (χ4v) is 3.88. The van der Waals surface area contributed by atoms with E-state index in [1.165, 1.54) is 12.5 Å². The van der Waals surface area contributed by atoms with Gasteiger partial charge in [-0.1, -0.05) is 12.1 Å². The van der Waals surface area contributed by atoms with E-state index >= 15 is 0 Å². The highest BCUT2D eigenvalue weighted by molar-refractivity contribution is 5.16. The SMILES string of the molecule is Fc1cccc(CN(CCCn2ccnc2)Cc2ccnn2[C@H]2CCCCO2)c1. The van der Waals surface area contributed by atoms with E-state index in [1.807, 2.05) is 29.5 Å². The van der Waals surface area contributed by atoms with Crippen LogP contribution in [0.4, 0.5) is 4.39 Å². The predicted octanol–water partition coefficient (Wildman–Crippen LogP) is 4.01. The molecule has 154 valence electrons. The molecule has 3 aromatic rings. The van der Waals surface area contributed by atoms with Crippen LogP contribution in [0, 0.1) is 5.82 Å². The molecule has 0 spiro atoms. The van der Waals surface area contributed by atoms with Gasteiger partial charge in [-0.05, 0) is 49.4 Å². The molecule has 7 heteroatoms. The van der Waals surface area contributed by atoms with E-state index in [0.29, 0.717) is 6.54 Å². The molecular formula is C22H28FN5O. The number of benzene rings is 1. The Labute approximate surface area is 170 Å². The fraction of sp³-hybridized carbons (Fsp3) is 0.455. The normalized spacial score (nSPS) is 17.1. The molecule has 0 aliphatic carbocycles. The van der Waals surface area contributed by atoms with Crippen LogP contribution in [-0.2, 0) is 24.4 Å². The smallest absolute Gasteiger partial charge is 0.150 e. The Balaban J connectivity index is 1.45. The molecule has 1 aromatic carbocycles. The number of hydrogen-bond acceptors (Lipinski definition) is 4. The summed E-state index contributed by atoms with van der Waals surface area (Å²) in [6.07, 6.45) is 11.8. The van der Waals surface area contributed by atoms with Gasteiger partial charge in [-0.3, -0.25) is 4.90 Å². The average molecular weight is 397 g/mol. The second-order valence-electron chi connectivity index (χ2n) is 7.58. The van der Waals surface area contributed by atoms with Crippen molar-refractivity contribution in [2.75, 3.05) is 13.2 Å². The van der Waals surface area contributed by atoms with Gasteiger partial charge in [-0.15, -0.1) is 0 Å². The predicted molar refractivity (Wildman–Crippen MR) is 108 cm³/mol. The standard InChI is InChI=1S/C22H28FN5O/c23-20-6-3-5-19(15-20)16-27(12-4-11-26-13-10-24-18-26)17-21-8-9-25-28(21)22-7-1-2-14-29-22/h3,5-6,8-10,13,15,18,22H,1-2,4,7,11-12,14,16-17H2/t22-/m1/s1. The quantitative estimate of drug-likeness (QED) is 0.547. The van der Waals surface area contributed by atoms with Gasteiger partial charge in [0.2, 0.25) is 0 Å². The van der Waals surface area contributed by atoms with Gasteiger partial charge < -0.3 is 9.30 Å². The van der Waals surface area contributed by atoms with E-state index in [4.69, 9.17) is 4.74 Å². The topological polar surface area (TPSA) is 48.1 Å². The Hall–Kier alpha value is -2.51. The monoisotopic (exact) mass is 397 g/mol. The molecule has 0 radical (unpaired) electrons. The number of ether oxygens (including phenoxy) is 1. The first-order valence-corrected chi connectivity index (χ1v) is 10.3. The first-order chi connectivity index (χ1) is 14.3. The maximum Gasteiger partial charge on any atom is 0.150 e. The van der Waals surface area contributed by atoms with Gasteiger partial charge in [0.25, 0.3) is 0 Å². The van der Waals surface area contributed by atoms with Crippen molar-refractivity contribution in [3.8, 4) is 0 Å². The maximum absolute atomic E-state index is 13.7. The van der Waals surface area contributed by atoms with Crippen LogP contribution in [0.1, 0.15) is 43.2 Å². The minimum absolute atomic E-state index is 0.0238. The molecule has 6 nitrogen and oxygen atoms in total. The molecule has 1 aliphatic heterocycles. The van der Waals surface area contributed by atoms with Gasteiger partial charge >= 0.3 is 0 Å². The van der Waals surface area contributed by atoms with Crippen LogP contribution in [0.2, 0.25) is 0 Å². The largest absolute Gasteiger partial charge is 0.357 e. The third-order valence-corrected chi connectivity index (χ3v) is 5.31. The minimum Gasteiger partial charge on any atom is -0.357 e. The fourth-order valence-electron chi connectivity index (χ4n) is 3.88. The molecule has 29 heavy (non-hydrogen) atoms. The Bertz CT molecular complexity index is 873. The summed E-state index contributed by atoms with van der Waals surface area (Å²) in [6.45, 7) is 4.04. The molecule has 1 atom stereocenters. The van der Waals surface area contributed by atoms with Crippen molar-refractivity contribution in [1.29, 1.82) is 0 Å². The summed E-state index contributed by atoms with van der Waals surface area (Å²) in [5.74, 6) is -0.193. The van der Waals surface area contributed by atoms with E-state index in [9.17, 15) is 4.39 Å². The van der Waals surface area contributed by atoms with E-state index in [2.05, 4.69) is 25.6 Å². The van der Waals surface area contributed by atoms with Crippen molar-refractivity contribution in [2.24, 2.45) is 0 Å². The number of rotatable bonds is 9. The Morgan fingerprint density at radius 1 is 1.17 bits per heavy atom. The van der Waals surface area contributed by atoms with Crippen molar-refractivity contribution in [3.05, 3.63) is 72.3 Å². The highest BCUT2D eigenvalue weighted by atomic mass is 19.1. The summed E-state index contributed by atoms with van der Waals surface area (Å²) in [5.41, 5.74) is 2.11. The lowest BCUT2D eigenvalue weighted by atomic mass is 10.2. The molecular weight excluding hydrogens is 369 g/mol. The molecule has 1 aliphatic rings. The van der Waals surface area contributed by atoms with E-state index in [-0.39, 0.29) is 12.0 Å². The van der Waals surface area contributed by atoms with Gasteiger partial charge in [0.1, 0.15) is 5.82 Å². The van der Waals surface area contributed by atoms with Gasteiger partial charge in [-0.2, -0.15) is 5.10 Å². The number of halogens is 1. The summed E-state index contributed by atoms with van der Waals surface area (Å²) in [7, 11) is 0. The summed E-state index contributed by atoms with van der Waals surface area (Å²) >= 11 is 0. The molecule has 0 bridgehead atoms. The van der Waals surface area contributed by atoms with Crippen LogP contribution >= 0.6 is 0 Å². The lowest BCUT2D eigenvalue weighted by Gasteiger charge is -2.27. The van der Waals surface area contributed by atoms with Crippen LogP contribution in [0.3, 0.4) is 0 Å². The third-order valence-electron chi connectivity index (χ3n) is 5.31. The number of imidazole rings is 1. The van der Waals surface area contributed by atoms with Crippen molar-refractivity contribution >= 4 is 0 Å². The summed E-state index contributed by atoms with van der Waals surface area (Å²) in [4.78, 5) is 6.45. The number of aromatic nitrogens is 4. The zero-order valence-corrected chi connectivity index (χ0v) is 16.7. The molecule has 4 rings (SSSR count). The second-order valence-corrected chi connectivity index (χ2v) is 7.58. The van der Waals surface area contributed by atoms with Crippen LogP contribution < -0.4 is 0 Å². The van der Waals surface area contributed by atoms with Crippen LogP contribution in [0.15, 0.2) is 55.2 Å². The zero-order valence-electron chi connectivity index (χ0n) is 16.7. The molecule has 2 aromatic heterocycles. The summed E-state index contributed by atoms with van der Waals surface area (Å²) < 4.78 is 23.7. The third kappa shape index (κ3) is 5.52. The number of aryl methyl sites for hydroxylation is 1. The first kappa shape index (κ1) is 19.8. The van der Waals surface area contributed by atoms with Gasteiger partial charge in [0, 0.05) is 51.4 Å². The first-order valence-electron chi connectivity index (χ1n) is 10.3. The van der Waals surface area contributed by atoms with Gasteiger partial charge in [0.15, 0.2) is 6.23 Å². The average Bonchev–Trinajstić information content (AvgIpc) is 3.41. The van der Waals surface area contributed by atoms with Crippen LogP contribution in [-0.4, -0.2) is 37.4 Å². The van der Waals surface area contributed by atoms with Crippen LogP contribution in [0.25, 0.3) is 0 Å². The highest BCUT2D eigenvalue weighted by Gasteiger charge is 2.20. The maximum atomic E-state index is 13.7. The molecule has 1 fully saturated rings. The number of nitrogens with zero attached hydrogens (tertiary/aromatic N) is 5. The minimum atomic E-state index is -0.193. The second kappa shape index (κ2) is 9.80. The molecule has 0 amide bonds. The Morgan fingerprint density at radius 3 is 2.93 bits per heavy atom. The van der Waals surface area contributed by atoms with E-state index in [1.54, 1.807) is 18.3 Å². The zero-order chi connectivity index (χ0) is 19.9. The highest BCUT2D eigenvalue weighted by Crippen LogP contribution is 2.24. The molecule has 0 unspecified atom stereocenters. The Morgan fingerprint density at radius 2 is 2.14 bits per heavy atom. The van der Waals surface area contributed by atoms with E-state index < -0.39 is 0 Å². The lowest BCUT2D eigenvalue weighted by Crippen LogP contribution is -2.28. The summed E-state index contributed by atoms with van der Waals surface area (Å²) in [6, 6.07) is 8.92. The van der Waals surface area contributed by atoms with Crippen LogP contribution in [0.5, 0.6) is 0 Å². The molecule has 1 saturated heterocycles. The van der Waals surface area contributed by atoms with Crippen molar-refractivity contribution in [2.45, 2.75) is 51.5 Å². The molecule has 0 saturated carbocycles. The van der Waals surface area contributed by atoms with Crippen molar-refractivity contribution in [3.63, 3.8) is 0 Å². The number of hydrogen-bond donors (Lipinski definition) is 0. The van der Waals surface area contributed by atoms with Crippen molar-refractivity contribution < 1.29 is 9.13 Å². The molecule has 0 N–H and O–H groups in total.